The number of halogens is 1. The molecule has 0 aliphatic carbocycles. The molecule has 0 fully saturated rings. The van der Waals surface area contributed by atoms with Crippen molar-refractivity contribution in [2.24, 2.45) is 5.73 Å². The molecule has 1 heterocycles. The van der Waals surface area contributed by atoms with Gasteiger partial charge in [0.2, 0.25) is 5.91 Å². The van der Waals surface area contributed by atoms with Crippen LogP contribution in [0.1, 0.15) is 18.2 Å². The van der Waals surface area contributed by atoms with Crippen molar-refractivity contribution in [2.75, 3.05) is 11.1 Å². The number of thioether (sulfide) groups is 1. The summed E-state index contributed by atoms with van der Waals surface area (Å²) >= 11 is 8.51. The first-order valence-corrected chi connectivity index (χ1v) is 9.56. The summed E-state index contributed by atoms with van der Waals surface area (Å²) in [5, 5.41) is 3.80. The minimum absolute atomic E-state index is 0.172. The van der Waals surface area contributed by atoms with Crippen LogP contribution in [0.2, 0.25) is 5.02 Å². The number of hydrogen-bond donors (Lipinski definition) is 2. The van der Waals surface area contributed by atoms with Crippen molar-refractivity contribution in [1.82, 2.24) is 4.98 Å². The molecule has 2 amide bonds. The third-order valence-corrected chi connectivity index (χ3v) is 5.83. The van der Waals surface area contributed by atoms with E-state index < -0.39 is 12.0 Å². The number of carbonyl (C=O) groups is 2. The summed E-state index contributed by atoms with van der Waals surface area (Å²) in [7, 11) is 0. The lowest BCUT2D eigenvalue weighted by Crippen LogP contribution is -2.30. The third kappa shape index (κ3) is 5.62. The largest absolute Gasteiger partial charge is 0.481 e. The standard InChI is InChI=1S/C16H18ClN3O3S2/c1-8-6-11(17)4-5-12(8)23-10(3)14(22)20-16-19-9(2)15(25-16)24-7-13(18)21/h4-6,10H,7H2,1-3H3,(H2,18,21)(H,19,20,22). The van der Waals surface area contributed by atoms with E-state index in [1.54, 1.807) is 25.1 Å². The van der Waals surface area contributed by atoms with E-state index >= 15 is 0 Å². The van der Waals surface area contributed by atoms with Crippen LogP contribution in [-0.4, -0.2) is 28.7 Å². The molecular weight excluding hydrogens is 382 g/mol. The molecule has 0 aliphatic rings. The van der Waals surface area contributed by atoms with Gasteiger partial charge in [-0.1, -0.05) is 22.9 Å². The lowest BCUT2D eigenvalue weighted by Gasteiger charge is -2.15. The van der Waals surface area contributed by atoms with Crippen LogP contribution >= 0.6 is 34.7 Å². The minimum Gasteiger partial charge on any atom is -0.481 e. The first-order valence-electron chi connectivity index (χ1n) is 7.38. The Morgan fingerprint density at radius 2 is 2.16 bits per heavy atom. The second kappa shape index (κ2) is 8.55. The van der Waals surface area contributed by atoms with E-state index in [-0.39, 0.29) is 11.7 Å². The van der Waals surface area contributed by atoms with Gasteiger partial charge in [0.25, 0.3) is 5.91 Å². The predicted molar refractivity (Wildman–Crippen MR) is 102 cm³/mol. The molecule has 2 rings (SSSR count). The van der Waals surface area contributed by atoms with Gasteiger partial charge in [-0.3, -0.25) is 14.9 Å². The molecule has 0 aliphatic heterocycles. The Kier molecular flexibility index (Phi) is 6.69. The van der Waals surface area contributed by atoms with Gasteiger partial charge in [-0.2, -0.15) is 0 Å². The summed E-state index contributed by atoms with van der Waals surface area (Å²) in [5.74, 6) is 0.0598. The third-order valence-electron chi connectivity index (χ3n) is 3.14. The van der Waals surface area contributed by atoms with Crippen LogP contribution in [0.25, 0.3) is 0 Å². The summed E-state index contributed by atoms with van der Waals surface area (Å²) in [6.07, 6.45) is -0.703. The maximum atomic E-state index is 12.3. The van der Waals surface area contributed by atoms with Gasteiger partial charge in [0.05, 0.1) is 15.7 Å². The van der Waals surface area contributed by atoms with Crippen molar-refractivity contribution in [3.63, 3.8) is 0 Å². The maximum Gasteiger partial charge on any atom is 0.266 e. The van der Waals surface area contributed by atoms with Crippen LogP contribution in [0.5, 0.6) is 5.75 Å². The number of amides is 2. The van der Waals surface area contributed by atoms with Gasteiger partial charge in [-0.05, 0) is 44.5 Å². The first-order chi connectivity index (χ1) is 11.8. The molecule has 1 atom stereocenters. The van der Waals surface area contributed by atoms with E-state index in [0.717, 1.165) is 15.5 Å². The first kappa shape index (κ1) is 19.6. The Morgan fingerprint density at radius 3 is 2.80 bits per heavy atom. The fraction of sp³-hybridized carbons (Fsp3) is 0.312. The molecule has 3 N–H and O–H groups in total. The average molecular weight is 400 g/mol. The highest BCUT2D eigenvalue weighted by Crippen LogP contribution is 2.32. The van der Waals surface area contributed by atoms with E-state index in [0.29, 0.717) is 15.9 Å². The fourth-order valence-corrected chi connectivity index (χ4v) is 4.01. The Hall–Kier alpha value is -1.77. The molecule has 1 unspecified atom stereocenters. The highest BCUT2D eigenvalue weighted by Gasteiger charge is 2.18. The molecule has 0 saturated heterocycles. The molecule has 0 radical (unpaired) electrons. The van der Waals surface area contributed by atoms with Crippen molar-refractivity contribution >= 4 is 51.6 Å². The monoisotopic (exact) mass is 399 g/mol. The van der Waals surface area contributed by atoms with Crippen molar-refractivity contribution in [2.45, 2.75) is 31.1 Å². The Morgan fingerprint density at radius 1 is 1.44 bits per heavy atom. The van der Waals surface area contributed by atoms with E-state index in [1.165, 1.54) is 23.1 Å². The lowest BCUT2D eigenvalue weighted by molar-refractivity contribution is -0.122. The number of aromatic nitrogens is 1. The molecule has 2 aromatic rings. The molecule has 25 heavy (non-hydrogen) atoms. The molecular formula is C16H18ClN3O3S2. The second-order valence-electron chi connectivity index (χ2n) is 5.31. The highest BCUT2D eigenvalue weighted by atomic mass is 35.5. The van der Waals surface area contributed by atoms with Crippen molar-refractivity contribution in [1.29, 1.82) is 0 Å². The lowest BCUT2D eigenvalue weighted by atomic mass is 10.2. The number of rotatable bonds is 7. The maximum absolute atomic E-state index is 12.3. The Balaban J connectivity index is 1.99. The quantitative estimate of drug-likeness (QED) is 0.696. The zero-order valence-electron chi connectivity index (χ0n) is 14.0. The molecule has 0 spiro atoms. The number of primary amides is 1. The van der Waals surface area contributed by atoms with Gasteiger partial charge in [0.15, 0.2) is 11.2 Å². The Labute approximate surface area is 159 Å². The summed E-state index contributed by atoms with van der Waals surface area (Å²) in [6, 6.07) is 5.21. The topological polar surface area (TPSA) is 94.3 Å². The number of hydrogen-bond acceptors (Lipinski definition) is 6. The number of benzene rings is 1. The fourth-order valence-electron chi connectivity index (χ4n) is 1.90. The SMILES string of the molecule is Cc1cc(Cl)ccc1OC(C)C(=O)Nc1nc(C)c(SCC(N)=O)s1. The second-order valence-corrected chi connectivity index (χ2v) is 7.99. The van der Waals surface area contributed by atoms with Crippen LogP contribution < -0.4 is 15.8 Å². The molecule has 0 saturated carbocycles. The summed E-state index contributed by atoms with van der Waals surface area (Å²) in [5.41, 5.74) is 6.74. The van der Waals surface area contributed by atoms with Gasteiger partial charge >= 0.3 is 0 Å². The minimum atomic E-state index is -0.703. The number of aryl methyl sites for hydroxylation is 2. The summed E-state index contributed by atoms with van der Waals surface area (Å²) < 4.78 is 6.53. The van der Waals surface area contributed by atoms with Crippen LogP contribution in [0.3, 0.4) is 0 Å². The summed E-state index contributed by atoms with van der Waals surface area (Å²) in [4.78, 5) is 27.5. The van der Waals surface area contributed by atoms with Gasteiger partial charge in [-0.25, -0.2) is 4.98 Å². The van der Waals surface area contributed by atoms with Gasteiger partial charge in [0.1, 0.15) is 5.75 Å². The molecule has 6 nitrogen and oxygen atoms in total. The van der Waals surface area contributed by atoms with Crippen LogP contribution in [0.15, 0.2) is 22.4 Å². The summed E-state index contributed by atoms with van der Waals surface area (Å²) in [6.45, 7) is 5.33. The van der Waals surface area contributed by atoms with E-state index in [9.17, 15) is 9.59 Å². The van der Waals surface area contributed by atoms with Crippen molar-refractivity contribution < 1.29 is 14.3 Å². The smallest absolute Gasteiger partial charge is 0.266 e. The predicted octanol–water partition coefficient (Wildman–Crippen LogP) is 3.40. The van der Waals surface area contributed by atoms with Crippen LogP contribution in [0.4, 0.5) is 5.13 Å². The average Bonchev–Trinajstić information content (AvgIpc) is 2.87. The van der Waals surface area contributed by atoms with Gasteiger partial charge in [0, 0.05) is 5.02 Å². The molecule has 9 heteroatoms. The number of nitrogens with zero attached hydrogens (tertiary/aromatic N) is 1. The van der Waals surface area contributed by atoms with Gasteiger partial charge in [-0.15, -0.1) is 11.8 Å². The number of thiazole rings is 1. The zero-order valence-corrected chi connectivity index (χ0v) is 16.3. The number of carbonyl (C=O) groups excluding carboxylic acids is 2. The van der Waals surface area contributed by atoms with Crippen molar-refractivity contribution in [3.05, 3.63) is 34.5 Å². The number of anilines is 1. The van der Waals surface area contributed by atoms with Gasteiger partial charge < -0.3 is 10.5 Å². The molecule has 134 valence electrons. The molecule has 1 aromatic heterocycles. The van der Waals surface area contributed by atoms with Crippen LogP contribution in [0, 0.1) is 13.8 Å². The molecule has 0 bridgehead atoms. The molecule has 1 aromatic carbocycles. The number of nitrogens with two attached hydrogens (primary N) is 1. The normalized spacial score (nSPS) is 11.8. The highest BCUT2D eigenvalue weighted by molar-refractivity contribution is 8.01. The number of ether oxygens (including phenoxy) is 1. The van der Waals surface area contributed by atoms with E-state index in [1.807, 2.05) is 13.8 Å². The van der Waals surface area contributed by atoms with Crippen LogP contribution in [-0.2, 0) is 9.59 Å². The van der Waals surface area contributed by atoms with Crippen molar-refractivity contribution in [3.8, 4) is 5.75 Å². The zero-order chi connectivity index (χ0) is 18.6. The number of nitrogens with one attached hydrogen (secondary N) is 1. The van der Waals surface area contributed by atoms with E-state index in [4.69, 9.17) is 22.1 Å². The van der Waals surface area contributed by atoms with E-state index in [2.05, 4.69) is 10.3 Å². The Bertz CT molecular complexity index is 795.